The summed E-state index contributed by atoms with van der Waals surface area (Å²) in [6, 6.07) is 15.3. The summed E-state index contributed by atoms with van der Waals surface area (Å²) in [5.74, 6) is 0.532. The molecule has 1 atom stereocenters. The third-order valence-corrected chi connectivity index (χ3v) is 6.40. The molecule has 188 valence electrons. The largest absolute Gasteiger partial charge is 0.493 e. The van der Waals surface area contributed by atoms with Gasteiger partial charge in [-0.15, -0.1) is 0 Å². The second kappa shape index (κ2) is 11.8. The second-order valence-electron chi connectivity index (χ2n) is 8.79. The van der Waals surface area contributed by atoms with Gasteiger partial charge in [-0.05, 0) is 44.2 Å². The van der Waals surface area contributed by atoms with E-state index < -0.39 is 6.67 Å². The number of fused-ring (bicyclic) bond motifs is 1. The zero-order valence-electron chi connectivity index (χ0n) is 20.9. The lowest BCUT2D eigenvalue weighted by Crippen LogP contribution is -2.34. The monoisotopic (exact) mass is 489 g/mol. The van der Waals surface area contributed by atoms with Crippen molar-refractivity contribution in [2.45, 2.75) is 19.4 Å². The third kappa shape index (κ3) is 5.54. The van der Waals surface area contributed by atoms with E-state index in [1.807, 2.05) is 67.4 Å². The van der Waals surface area contributed by atoms with Gasteiger partial charge in [0.15, 0.2) is 0 Å². The van der Waals surface area contributed by atoms with Gasteiger partial charge in [-0.25, -0.2) is 4.39 Å². The molecule has 0 unspecified atom stereocenters. The number of carbonyl (C=O) groups is 1. The molecule has 0 bridgehead atoms. The number of halogens is 1. The van der Waals surface area contributed by atoms with Crippen molar-refractivity contribution in [1.82, 2.24) is 25.0 Å². The molecule has 0 radical (unpaired) electrons. The average molecular weight is 490 g/mol. The van der Waals surface area contributed by atoms with Crippen molar-refractivity contribution in [3.8, 4) is 16.9 Å². The molecule has 8 heteroatoms. The number of aromatic amines is 1. The van der Waals surface area contributed by atoms with Crippen LogP contribution in [-0.4, -0.2) is 71.4 Å². The maximum atomic E-state index is 13.8. The predicted octanol–water partition coefficient (Wildman–Crippen LogP) is 5.13. The molecule has 0 spiro atoms. The van der Waals surface area contributed by atoms with Crippen LogP contribution in [0.4, 0.5) is 4.39 Å². The van der Waals surface area contributed by atoms with Gasteiger partial charge in [0, 0.05) is 54.6 Å². The van der Waals surface area contributed by atoms with Crippen LogP contribution in [0.1, 0.15) is 35.3 Å². The Labute approximate surface area is 210 Å². The van der Waals surface area contributed by atoms with Crippen molar-refractivity contribution >= 4 is 16.8 Å². The number of aromatic nitrogens is 3. The van der Waals surface area contributed by atoms with E-state index in [2.05, 4.69) is 15.2 Å². The van der Waals surface area contributed by atoms with E-state index in [1.165, 1.54) is 0 Å². The van der Waals surface area contributed by atoms with Crippen LogP contribution >= 0.6 is 0 Å². The van der Waals surface area contributed by atoms with Crippen molar-refractivity contribution in [2.24, 2.45) is 0 Å². The highest BCUT2D eigenvalue weighted by molar-refractivity contribution is 5.96. The molecule has 0 aliphatic rings. The lowest BCUT2D eigenvalue weighted by molar-refractivity contribution is 0.0713. The number of ether oxygens (including phenoxy) is 1. The molecular weight excluding hydrogens is 457 g/mol. The van der Waals surface area contributed by atoms with Crippen LogP contribution in [0.15, 0.2) is 67.1 Å². The van der Waals surface area contributed by atoms with Gasteiger partial charge in [-0.1, -0.05) is 30.3 Å². The van der Waals surface area contributed by atoms with Crippen LogP contribution < -0.4 is 4.74 Å². The Morgan fingerprint density at radius 1 is 1.08 bits per heavy atom. The summed E-state index contributed by atoms with van der Waals surface area (Å²) in [6.07, 6.45) is 5.84. The van der Waals surface area contributed by atoms with Gasteiger partial charge in [-0.2, -0.15) is 5.10 Å². The number of nitrogens with zero attached hydrogens (tertiary/aromatic N) is 4. The summed E-state index contributed by atoms with van der Waals surface area (Å²) in [6.45, 7) is 2.97. The highest BCUT2D eigenvalue weighted by Gasteiger charge is 2.26. The number of benzene rings is 2. The zero-order chi connectivity index (χ0) is 25.5. The Hall–Kier alpha value is -3.78. The fraction of sp³-hybridized carbons (Fsp3) is 0.321. The number of hydrogen-bond acceptors (Lipinski definition) is 5. The molecule has 1 amide bonds. The lowest BCUT2D eigenvalue weighted by atomic mass is 9.99. The summed E-state index contributed by atoms with van der Waals surface area (Å²) in [5.41, 5.74) is 4.22. The molecule has 0 saturated heterocycles. The second-order valence-corrected chi connectivity index (χ2v) is 8.79. The van der Waals surface area contributed by atoms with Crippen LogP contribution in [0.2, 0.25) is 0 Å². The van der Waals surface area contributed by atoms with Crippen LogP contribution in [0.5, 0.6) is 5.75 Å². The summed E-state index contributed by atoms with van der Waals surface area (Å²) >= 11 is 0. The highest BCUT2D eigenvalue weighted by Crippen LogP contribution is 2.33. The van der Waals surface area contributed by atoms with Crippen molar-refractivity contribution < 1.29 is 13.9 Å². The van der Waals surface area contributed by atoms with Gasteiger partial charge < -0.3 is 14.5 Å². The Balaban J connectivity index is 1.67. The summed E-state index contributed by atoms with van der Waals surface area (Å²) in [5, 5.41) is 8.08. The first-order valence-electron chi connectivity index (χ1n) is 12.1. The van der Waals surface area contributed by atoms with Crippen molar-refractivity contribution in [3.05, 3.63) is 78.2 Å². The third-order valence-electron chi connectivity index (χ3n) is 6.40. The van der Waals surface area contributed by atoms with Gasteiger partial charge in [0.2, 0.25) is 0 Å². The number of alkyl halides is 1. The van der Waals surface area contributed by atoms with Gasteiger partial charge in [-0.3, -0.25) is 14.9 Å². The molecule has 0 saturated carbocycles. The Kier molecular flexibility index (Phi) is 8.28. The molecule has 0 aliphatic heterocycles. The average Bonchev–Trinajstić information content (AvgIpc) is 3.39. The van der Waals surface area contributed by atoms with E-state index in [0.717, 1.165) is 27.6 Å². The van der Waals surface area contributed by atoms with E-state index in [9.17, 15) is 9.18 Å². The molecule has 7 nitrogen and oxygen atoms in total. The fourth-order valence-electron chi connectivity index (χ4n) is 4.43. The van der Waals surface area contributed by atoms with Gasteiger partial charge in [0.1, 0.15) is 12.4 Å². The molecule has 2 heterocycles. The van der Waals surface area contributed by atoms with E-state index in [4.69, 9.17) is 4.74 Å². The predicted molar refractivity (Wildman–Crippen MR) is 140 cm³/mol. The number of H-pyrrole nitrogens is 1. The van der Waals surface area contributed by atoms with Gasteiger partial charge in [0.25, 0.3) is 5.91 Å². The number of hydrogen-bond donors (Lipinski definition) is 1. The van der Waals surface area contributed by atoms with Crippen LogP contribution in [0, 0.1) is 0 Å². The molecule has 1 N–H and O–H groups in total. The number of amides is 1. The normalized spacial score (nSPS) is 12.1. The zero-order valence-corrected chi connectivity index (χ0v) is 20.9. The first kappa shape index (κ1) is 25.3. The minimum absolute atomic E-state index is 0.134. The smallest absolute Gasteiger partial charge is 0.254 e. The van der Waals surface area contributed by atoms with E-state index in [-0.39, 0.29) is 11.9 Å². The summed E-state index contributed by atoms with van der Waals surface area (Å²) in [7, 11) is 3.67. The maximum absolute atomic E-state index is 13.8. The standard InChI is InChI=1S/C28H32FN5O2/c1-4-36-26-16-21(10-11-23(26)20-8-6-5-7-9-20)28(35)34(3)25(12-14-33(2)15-13-29)24-19-30-17-22-18-31-32-27(22)24/h5-11,16-19,25H,4,12-15H2,1-3H3,(H,31,32)/t25-/m1/s1. The van der Waals surface area contributed by atoms with E-state index in [1.54, 1.807) is 30.5 Å². The minimum atomic E-state index is -0.415. The van der Waals surface area contributed by atoms with E-state index >= 15 is 0 Å². The minimum Gasteiger partial charge on any atom is -0.493 e. The SMILES string of the molecule is CCOc1cc(C(=O)N(C)[C@H](CCN(C)CCF)c2cncc3cn[nH]c23)ccc1-c1ccccc1. The molecular formula is C28H32FN5O2. The fourth-order valence-corrected chi connectivity index (χ4v) is 4.43. The van der Waals surface area contributed by atoms with Crippen LogP contribution in [-0.2, 0) is 0 Å². The van der Waals surface area contributed by atoms with Crippen molar-refractivity contribution in [1.29, 1.82) is 0 Å². The molecule has 2 aromatic carbocycles. The van der Waals surface area contributed by atoms with Gasteiger partial charge >= 0.3 is 0 Å². The maximum Gasteiger partial charge on any atom is 0.254 e. The summed E-state index contributed by atoms with van der Waals surface area (Å²) in [4.78, 5) is 21.8. The number of carbonyl (C=O) groups excluding carboxylic acids is 1. The Morgan fingerprint density at radius 3 is 2.64 bits per heavy atom. The van der Waals surface area contributed by atoms with Crippen LogP contribution in [0.25, 0.3) is 22.0 Å². The Morgan fingerprint density at radius 2 is 1.89 bits per heavy atom. The summed E-state index contributed by atoms with van der Waals surface area (Å²) < 4.78 is 18.8. The Bertz CT molecular complexity index is 1290. The quantitative estimate of drug-likeness (QED) is 0.316. The van der Waals surface area contributed by atoms with Crippen LogP contribution in [0.3, 0.4) is 0 Å². The van der Waals surface area contributed by atoms with Crippen molar-refractivity contribution in [3.63, 3.8) is 0 Å². The first-order valence-corrected chi connectivity index (χ1v) is 12.1. The molecule has 0 aliphatic carbocycles. The van der Waals surface area contributed by atoms with Gasteiger partial charge in [0.05, 0.1) is 24.4 Å². The lowest BCUT2D eigenvalue weighted by Gasteiger charge is -2.30. The molecule has 2 aromatic heterocycles. The molecule has 36 heavy (non-hydrogen) atoms. The van der Waals surface area contributed by atoms with E-state index in [0.29, 0.717) is 37.4 Å². The topological polar surface area (TPSA) is 74.3 Å². The first-order chi connectivity index (χ1) is 17.5. The highest BCUT2D eigenvalue weighted by atomic mass is 19.1. The molecule has 0 fully saturated rings. The molecule has 4 aromatic rings. The molecule has 4 rings (SSSR count). The number of nitrogens with one attached hydrogen (secondary N) is 1. The van der Waals surface area contributed by atoms with Crippen molar-refractivity contribution in [2.75, 3.05) is 40.5 Å². The number of pyridine rings is 1. The number of rotatable bonds is 11.